The number of hydrogen-bond acceptors (Lipinski definition) is 2. The van der Waals surface area contributed by atoms with Crippen LogP contribution < -0.4 is 0 Å². The van der Waals surface area contributed by atoms with E-state index in [0.717, 1.165) is 27.2 Å². The molecule has 0 aliphatic carbocycles. The van der Waals surface area contributed by atoms with E-state index in [1.165, 1.54) is 0 Å². The first-order chi connectivity index (χ1) is 7.63. The highest BCUT2D eigenvalue weighted by Crippen LogP contribution is 2.23. The predicted octanol–water partition coefficient (Wildman–Crippen LogP) is 2.65. The Labute approximate surface area is 103 Å². The van der Waals surface area contributed by atoms with Crippen molar-refractivity contribution in [1.29, 1.82) is 0 Å². The molecule has 1 aromatic heterocycles. The minimum atomic E-state index is 0.0172. The number of hydrogen-bond donors (Lipinski definition) is 1. The van der Waals surface area contributed by atoms with Gasteiger partial charge in [0.25, 0.3) is 0 Å². The van der Waals surface area contributed by atoms with E-state index in [1.54, 1.807) is 0 Å². The molecular formula is C12H13BrN2O. The minimum absolute atomic E-state index is 0.0172. The fourth-order valence-corrected chi connectivity index (χ4v) is 2.17. The molecule has 0 bridgehead atoms. The van der Waals surface area contributed by atoms with Gasteiger partial charge >= 0.3 is 0 Å². The molecule has 16 heavy (non-hydrogen) atoms. The Balaban J connectivity index is 2.56. The smallest absolute Gasteiger partial charge is 0.140 e. The Morgan fingerprint density at radius 3 is 2.75 bits per heavy atom. The van der Waals surface area contributed by atoms with Crippen molar-refractivity contribution < 1.29 is 5.11 Å². The number of aliphatic hydroxyl groups excluding tert-OH is 1. The molecular weight excluding hydrogens is 268 g/mol. The van der Waals surface area contributed by atoms with Crippen LogP contribution in [0.2, 0.25) is 0 Å². The summed E-state index contributed by atoms with van der Waals surface area (Å²) in [6.07, 6.45) is 0. The first-order valence-corrected chi connectivity index (χ1v) is 5.81. The van der Waals surface area contributed by atoms with Crippen LogP contribution in [0.4, 0.5) is 0 Å². The summed E-state index contributed by atoms with van der Waals surface area (Å²) >= 11 is 3.44. The monoisotopic (exact) mass is 280 g/mol. The summed E-state index contributed by atoms with van der Waals surface area (Å²) in [6, 6.07) is 7.98. The molecule has 1 heterocycles. The van der Waals surface area contributed by atoms with Crippen LogP contribution in [0.5, 0.6) is 0 Å². The Morgan fingerprint density at radius 1 is 1.44 bits per heavy atom. The molecule has 2 rings (SSSR count). The van der Waals surface area contributed by atoms with E-state index < -0.39 is 0 Å². The van der Waals surface area contributed by atoms with E-state index in [1.807, 2.05) is 42.8 Å². The van der Waals surface area contributed by atoms with Crippen molar-refractivity contribution >= 4 is 15.9 Å². The Morgan fingerprint density at radius 2 is 2.19 bits per heavy atom. The summed E-state index contributed by atoms with van der Waals surface area (Å²) in [6.45, 7) is 1.93. The van der Waals surface area contributed by atoms with Crippen molar-refractivity contribution in [3.63, 3.8) is 0 Å². The fraction of sp³-hybridized carbons (Fsp3) is 0.250. The lowest BCUT2D eigenvalue weighted by molar-refractivity contribution is 0.272. The third-order valence-corrected chi connectivity index (χ3v) is 3.14. The molecule has 0 saturated carbocycles. The second-order valence-corrected chi connectivity index (χ2v) is 4.61. The third kappa shape index (κ3) is 1.90. The summed E-state index contributed by atoms with van der Waals surface area (Å²) in [5.74, 6) is 0.878. The zero-order chi connectivity index (χ0) is 11.7. The van der Waals surface area contributed by atoms with Gasteiger partial charge in [0.2, 0.25) is 0 Å². The summed E-state index contributed by atoms with van der Waals surface area (Å²) < 4.78 is 2.95. The third-order valence-electron chi connectivity index (χ3n) is 2.65. The standard InChI is InChI=1S/C12H13BrN2O/c1-8-11(7-16)15(2)12(14-8)9-4-3-5-10(13)6-9/h3-6,16H,7H2,1-2H3. The van der Waals surface area contributed by atoms with Crippen LogP contribution in [0.3, 0.4) is 0 Å². The quantitative estimate of drug-likeness (QED) is 0.919. The maximum atomic E-state index is 9.24. The van der Waals surface area contributed by atoms with E-state index in [2.05, 4.69) is 20.9 Å². The lowest BCUT2D eigenvalue weighted by Crippen LogP contribution is -1.99. The van der Waals surface area contributed by atoms with E-state index in [0.29, 0.717) is 0 Å². The maximum Gasteiger partial charge on any atom is 0.140 e. The topological polar surface area (TPSA) is 38.0 Å². The molecule has 1 N–H and O–H groups in total. The van der Waals surface area contributed by atoms with Gasteiger partial charge in [-0.3, -0.25) is 0 Å². The Kier molecular flexibility index (Phi) is 3.12. The van der Waals surface area contributed by atoms with Gasteiger partial charge in [-0.25, -0.2) is 4.98 Å². The fourth-order valence-electron chi connectivity index (χ4n) is 1.78. The van der Waals surface area contributed by atoms with Crippen LogP contribution in [0.1, 0.15) is 11.4 Å². The molecule has 0 fully saturated rings. The molecule has 0 saturated heterocycles. The molecule has 0 atom stereocenters. The lowest BCUT2D eigenvalue weighted by Gasteiger charge is -2.04. The first-order valence-electron chi connectivity index (χ1n) is 5.02. The zero-order valence-corrected chi connectivity index (χ0v) is 10.8. The van der Waals surface area contributed by atoms with Crippen LogP contribution in [0, 0.1) is 6.92 Å². The van der Waals surface area contributed by atoms with Crippen molar-refractivity contribution in [2.45, 2.75) is 13.5 Å². The second-order valence-electron chi connectivity index (χ2n) is 3.69. The number of rotatable bonds is 2. The van der Waals surface area contributed by atoms with Crippen molar-refractivity contribution in [3.05, 3.63) is 40.1 Å². The van der Waals surface area contributed by atoms with Gasteiger partial charge < -0.3 is 9.67 Å². The van der Waals surface area contributed by atoms with Gasteiger partial charge in [0, 0.05) is 17.1 Å². The minimum Gasteiger partial charge on any atom is -0.390 e. The Bertz CT molecular complexity index is 520. The molecule has 2 aromatic rings. The summed E-state index contributed by atoms with van der Waals surface area (Å²) in [7, 11) is 1.92. The highest BCUT2D eigenvalue weighted by atomic mass is 79.9. The van der Waals surface area contributed by atoms with E-state index in [4.69, 9.17) is 0 Å². The molecule has 0 aliphatic heterocycles. The highest BCUT2D eigenvalue weighted by molar-refractivity contribution is 9.10. The molecule has 0 amide bonds. The highest BCUT2D eigenvalue weighted by Gasteiger charge is 2.11. The molecule has 4 heteroatoms. The first kappa shape index (κ1) is 11.4. The molecule has 0 radical (unpaired) electrons. The number of halogens is 1. The molecule has 0 spiro atoms. The normalized spacial score (nSPS) is 10.8. The number of nitrogens with zero attached hydrogens (tertiary/aromatic N) is 2. The molecule has 84 valence electrons. The van der Waals surface area contributed by atoms with E-state index in [-0.39, 0.29) is 6.61 Å². The summed E-state index contributed by atoms with van der Waals surface area (Å²) in [4.78, 5) is 4.47. The van der Waals surface area contributed by atoms with Crippen LogP contribution >= 0.6 is 15.9 Å². The molecule has 0 unspecified atom stereocenters. The number of aromatic nitrogens is 2. The number of aryl methyl sites for hydroxylation is 1. The van der Waals surface area contributed by atoms with Crippen LogP contribution in [-0.2, 0) is 13.7 Å². The van der Waals surface area contributed by atoms with Crippen molar-refractivity contribution in [2.75, 3.05) is 0 Å². The zero-order valence-electron chi connectivity index (χ0n) is 9.24. The average molecular weight is 281 g/mol. The van der Waals surface area contributed by atoms with Gasteiger partial charge in [-0.15, -0.1) is 0 Å². The second kappa shape index (κ2) is 4.39. The van der Waals surface area contributed by atoms with Gasteiger partial charge in [-0.1, -0.05) is 28.1 Å². The van der Waals surface area contributed by atoms with Gasteiger partial charge in [0.05, 0.1) is 18.0 Å². The summed E-state index contributed by atoms with van der Waals surface area (Å²) in [5, 5.41) is 9.24. The molecule has 1 aromatic carbocycles. The number of imidazole rings is 1. The SMILES string of the molecule is Cc1nc(-c2cccc(Br)c2)n(C)c1CO. The maximum absolute atomic E-state index is 9.24. The van der Waals surface area contributed by atoms with Crippen LogP contribution in [0.15, 0.2) is 28.7 Å². The van der Waals surface area contributed by atoms with Gasteiger partial charge in [-0.05, 0) is 19.1 Å². The van der Waals surface area contributed by atoms with Gasteiger partial charge in [0.1, 0.15) is 5.82 Å². The number of benzene rings is 1. The van der Waals surface area contributed by atoms with Crippen LogP contribution in [-0.4, -0.2) is 14.7 Å². The number of aliphatic hydroxyl groups is 1. The largest absolute Gasteiger partial charge is 0.390 e. The lowest BCUT2D eigenvalue weighted by atomic mass is 10.2. The van der Waals surface area contributed by atoms with Gasteiger partial charge in [0.15, 0.2) is 0 Å². The molecule has 3 nitrogen and oxygen atoms in total. The van der Waals surface area contributed by atoms with Crippen LogP contribution in [0.25, 0.3) is 11.4 Å². The van der Waals surface area contributed by atoms with E-state index >= 15 is 0 Å². The summed E-state index contributed by atoms with van der Waals surface area (Å²) in [5.41, 5.74) is 2.77. The van der Waals surface area contributed by atoms with Crippen molar-refractivity contribution in [3.8, 4) is 11.4 Å². The van der Waals surface area contributed by atoms with E-state index in [9.17, 15) is 5.11 Å². The van der Waals surface area contributed by atoms with Crippen molar-refractivity contribution in [1.82, 2.24) is 9.55 Å². The van der Waals surface area contributed by atoms with Gasteiger partial charge in [-0.2, -0.15) is 0 Å². The average Bonchev–Trinajstić information content (AvgIpc) is 2.54. The predicted molar refractivity (Wildman–Crippen MR) is 67.0 cm³/mol. The van der Waals surface area contributed by atoms with Crippen molar-refractivity contribution in [2.24, 2.45) is 7.05 Å². The molecule has 0 aliphatic rings. The Hall–Kier alpha value is -1.13.